The second kappa shape index (κ2) is 8.33. The predicted molar refractivity (Wildman–Crippen MR) is 111 cm³/mol. The lowest BCUT2D eigenvalue weighted by Crippen LogP contribution is -2.49. The number of aryl methyl sites for hydroxylation is 1. The van der Waals surface area contributed by atoms with Gasteiger partial charge in [-0.05, 0) is 31.2 Å². The highest BCUT2D eigenvalue weighted by Crippen LogP contribution is 2.28. The summed E-state index contributed by atoms with van der Waals surface area (Å²) < 4.78 is 7.81. The molecule has 28 heavy (non-hydrogen) atoms. The average molecular weight is 378 g/mol. The van der Waals surface area contributed by atoms with Crippen LogP contribution in [0.4, 0.5) is 5.69 Å². The van der Waals surface area contributed by atoms with E-state index in [1.54, 1.807) is 0 Å². The van der Waals surface area contributed by atoms with Crippen molar-refractivity contribution < 1.29 is 9.53 Å². The largest absolute Gasteiger partial charge is 0.492 e. The number of carbonyl (C=O) groups excluding carboxylic acids is 1. The number of carbonyl (C=O) groups is 1. The molecule has 0 bridgehead atoms. The van der Waals surface area contributed by atoms with Crippen molar-refractivity contribution in [1.29, 1.82) is 0 Å². The Labute approximate surface area is 165 Å². The van der Waals surface area contributed by atoms with Gasteiger partial charge >= 0.3 is 0 Å². The van der Waals surface area contributed by atoms with E-state index in [-0.39, 0.29) is 5.91 Å². The molecule has 0 atom stereocenters. The molecule has 0 unspecified atom stereocenters. The van der Waals surface area contributed by atoms with Gasteiger partial charge in [-0.15, -0.1) is 0 Å². The Morgan fingerprint density at radius 1 is 1.04 bits per heavy atom. The van der Waals surface area contributed by atoms with Gasteiger partial charge in [0.1, 0.15) is 5.75 Å². The van der Waals surface area contributed by atoms with Crippen LogP contribution in [0.5, 0.6) is 5.75 Å². The normalized spacial score (nSPS) is 14.5. The molecule has 0 saturated carbocycles. The molecule has 0 spiro atoms. The first-order chi connectivity index (χ1) is 13.8. The fourth-order valence-corrected chi connectivity index (χ4v) is 3.76. The highest BCUT2D eigenvalue weighted by molar-refractivity contribution is 5.78. The molecule has 4 rings (SSSR count). The van der Waals surface area contributed by atoms with E-state index in [1.165, 1.54) is 0 Å². The summed E-state index contributed by atoms with van der Waals surface area (Å²) in [5, 5.41) is 0. The third-order valence-electron chi connectivity index (χ3n) is 5.23. The number of para-hydroxylation sites is 4. The molecule has 3 aromatic rings. The van der Waals surface area contributed by atoms with Gasteiger partial charge in [0.15, 0.2) is 0 Å². The Kier molecular flexibility index (Phi) is 5.46. The van der Waals surface area contributed by atoms with Crippen LogP contribution < -0.4 is 9.64 Å². The van der Waals surface area contributed by atoms with Gasteiger partial charge in [0, 0.05) is 39.1 Å². The van der Waals surface area contributed by atoms with Gasteiger partial charge in [-0.2, -0.15) is 0 Å². The summed E-state index contributed by atoms with van der Waals surface area (Å²) in [4.78, 5) is 21.4. The van der Waals surface area contributed by atoms with E-state index >= 15 is 0 Å². The standard InChI is InChI=1S/C22H26N4O2/c1-2-28-21-10-6-5-9-20(21)24-13-15-25(16-14-24)22(27)11-12-26-17-23-18-7-3-4-8-19(18)26/h3-10,17H,2,11-16H2,1H3. The molecule has 2 aromatic carbocycles. The summed E-state index contributed by atoms with van der Waals surface area (Å²) >= 11 is 0. The van der Waals surface area contributed by atoms with Crippen molar-refractivity contribution in [2.45, 2.75) is 19.9 Å². The lowest BCUT2D eigenvalue weighted by atomic mass is 10.2. The molecule has 0 N–H and O–H groups in total. The summed E-state index contributed by atoms with van der Waals surface area (Å²) in [6.07, 6.45) is 2.32. The average Bonchev–Trinajstić information content (AvgIpc) is 3.16. The molecule has 1 amide bonds. The minimum absolute atomic E-state index is 0.204. The van der Waals surface area contributed by atoms with Crippen molar-refractivity contribution in [3.8, 4) is 5.75 Å². The molecule has 1 saturated heterocycles. The number of imidazole rings is 1. The van der Waals surface area contributed by atoms with Gasteiger partial charge in [0.2, 0.25) is 5.91 Å². The van der Waals surface area contributed by atoms with Crippen molar-refractivity contribution in [1.82, 2.24) is 14.5 Å². The van der Waals surface area contributed by atoms with Crippen LogP contribution in [-0.2, 0) is 11.3 Å². The molecular formula is C22H26N4O2. The third-order valence-corrected chi connectivity index (χ3v) is 5.23. The van der Waals surface area contributed by atoms with Gasteiger partial charge < -0.3 is 19.1 Å². The monoisotopic (exact) mass is 378 g/mol. The highest BCUT2D eigenvalue weighted by atomic mass is 16.5. The van der Waals surface area contributed by atoms with Crippen LogP contribution in [-0.4, -0.2) is 53.1 Å². The predicted octanol–water partition coefficient (Wildman–Crippen LogP) is 3.17. The van der Waals surface area contributed by atoms with Crippen molar-refractivity contribution in [2.75, 3.05) is 37.7 Å². The van der Waals surface area contributed by atoms with Crippen molar-refractivity contribution in [2.24, 2.45) is 0 Å². The lowest BCUT2D eigenvalue weighted by Gasteiger charge is -2.36. The molecular weight excluding hydrogens is 352 g/mol. The number of aromatic nitrogens is 2. The Morgan fingerprint density at radius 2 is 1.79 bits per heavy atom. The Bertz CT molecular complexity index is 944. The summed E-state index contributed by atoms with van der Waals surface area (Å²) in [5.41, 5.74) is 3.16. The van der Waals surface area contributed by atoms with E-state index in [0.29, 0.717) is 19.6 Å². The Morgan fingerprint density at radius 3 is 2.61 bits per heavy atom. The first-order valence-corrected chi connectivity index (χ1v) is 9.90. The van der Waals surface area contributed by atoms with E-state index < -0.39 is 0 Å². The minimum atomic E-state index is 0.204. The molecule has 0 radical (unpaired) electrons. The van der Waals surface area contributed by atoms with E-state index in [4.69, 9.17) is 4.74 Å². The number of piperazine rings is 1. The van der Waals surface area contributed by atoms with Gasteiger partial charge in [-0.1, -0.05) is 24.3 Å². The fourth-order valence-electron chi connectivity index (χ4n) is 3.76. The highest BCUT2D eigenvalue weighted by Gasteiger charge is 2.22. The third kappa shape index (κ3) is 3.81. The SMILES string of the molecule is CCOc1ccccc1N1CCN(C(=O)CCn2cnc3ccccc32)CC1. The molecule has 1 fully saturated rings. The first-order valence-electron chi connectivity index (χ1n) is 9.90. The number of nitrogens with zero attached hydrogens (tertiary/aromatic N) is 4. The van der Waals surface area contributed by atoms with Crippen LogP contribution in [0.3, 0.4) is 0 Å². The number of fused-ring (bicyclic) bond motifs is 1. The van der Waals surface area contributed by atoms with Crippen molar-refractivity contribution in [3.05, 3.63) is 54.9 Å². The minimum Gasteiger partial charge on any atom is -0.492 e. The molecule has 0 aliphatic carbocycles. The molecule has 1 aliphatic heterocycles. The zero-order valence-corrected chi connectivity index (χ0v) is 16.3. The van der Waals surface area contributed by atoms with E-state index in [0.717, 1.165) is 48.6 Å². The molecule has 1 aromatic heterocycles. The lowest BCUT2D eigenvalue weighted by molar-refractivity contribution is -0.131. The van der Waals surface area contributed by atoms with E-state index in [2.05, 4.69) is 20.5 Å². The van der Waals surface area contributed by atoms with Gasteiger partial charge in [0.05, 0.1) is 29.7 Å². The second-order valence-electron chi connectivity index (χ2n) is 6.95. The smallest absolute Gasteiger partial charge is 0.224 e. The van der Waals surface area contributed by atoms with E-state index in [1.807, 2.05) is 60.6 Å². The molecule has 6 nitrogen and oxygen atoms in total. The van der Waals surface area contributed by atoms with E-state index in [9.17, 15) is 4.79 Å². The van der Waals surface area contributed by atoms with Gasteiger partial charge in [-0.3, -0.25) is 4.79 Å². The summed E-state index contributed by atoms with van der Waals surface area (Å²) in [5.74, 6) is 1.12. The van der Waals surface area contributed by atoms with Crippen molar-refractivity contribution in [3.63, 3.8) is 0 Å². The number of benzene rings is 2. The second-order valence-corrected chi connectivity index (χ2v) is 6.95. The van der Waals surface area contributed by atoms with Crippen LogP contribution in [0.25, 0.3) is 11.0 Å². The maximum Gasteiger partial charge on any atom is 0.224 e. The van der Waals surface area contributed by atoms with Gasteiger partial charge in [-0.25, -0.2) is 4.98 Å². The van der Waals surface area contributed by atoms with Crippen LogP contribution >= 0.6 is 0 Å². The quantitative estimate of drug-likeness (QED) is 0.661. The fraction of sp³-hybridized carbons (Fsp3) is 0.364. The first kappa shape index (κ1) is 18.3. The number of anilines is 1. The molecule has 146 valence electrons. The Hall–Kier alpha value is -3.02. The number of hydrogen-bond donors (Lipinski definition) is 0. The molecule has 2 heterocycles. The number of rotatable bonds is 6. The molecule has 6 heteroatoms. The summed E-state index contributed by atoms with van der Waals surface area (Å²) in [6.45, 7) is 6.43. The maximum atomic E-state index is 12.7. The summed E-state index contributed by atoms with van der Waals surface area (Å²) in [7, 11) is 0. The van der Waals surface area contributed by atoms with Gasteiger partial charge in [0.25, 0.3) is 0 Å². The molecule has 1 aliphatic rings. The zero-order valence-electron chi connectivity index (χ0n) is 16.3. The number of hydrogen-bond acceptors (Lipinski definition) is 4. The maximum absolute atomic E-state index is 12.7. The van der Waals surface area contributed by atoms with Crippen LogP contribution in [0.1, 0.15) is 13.3 Å². The topological polar surface area (TPSA) is 50.6 Å². The van der Waals surface area contributed by atoms with Crippen LogP contribution in [0, 0.1) is 0 Å². The number of ether oxygens (including phenoxy) is 1. The number of amides is 1. The van der Waals surface area contributed by atoms with Crippen LogP contribution in [0.2, 0.25) is 0 Å². The zero-order chi connectivity index (χ0) is 19.3. The van der Waals surface area contributed by atoms with Crippen molar-refractivity contribution >= 4 is 22.6 Å². The van der Waals surface area contributed by atoms with Crippen LogP contribution in [0.15, 0.2) is 54.9 Å². The summed E-state index contributed by atoms with van der Waals surface area (Å²) in [6, 6.07) is 16.1. The Balaban J connectivity index is 1.33.